The third-order valence-electron chi connectivity index (χ3n) is 9.00. The fourth-order valence-corrected chi connectivity index (χ4v) is 5.54. The highest BCUT2D eigenvalue weighted by Gasteiger charge is 2.30. The van der Waals surface area contributed by atoms with E-state index >= 15 is 0 Å². The van der Waals surface area contributed by atoms with Crippen molar-refractivity contribution in [3.8, 4) is 11.1 Å². The minimum atomic E-state index is -4.39. The van der Waals surface area contributed by atoms with Crippen molar-refractivity contribution in [2.24, 2.45) is 0 Å². The lowest BCUT2D eigenvalue weighted by molar-refractivity contribution is -0.165. The van der Waals surface area contributed by atoms with E-state index in [2.05, 4.69) is 23.7 Å². The highest BCUT2D eigenvalue weighted by molar-refractivity contribution is 5.83. The predicted octanol–water partition coefficient (Wildman–Crippen LogP) is 4.66. The SMILES string of the molecule is CCc1cn(CC(=O)N(CCN(CC)CC)Cc2ccc(-c3ccc(C(F)(F)F)cc3)cc2)c(CCc2ccc(F)cc2)nc1=O.O=C(O)C(O)C(O)C(=O)O. The molecule has 2 atom stereocenters. The minimum Gasteiger partial charge on any atom is -0.479 e. The van der Waals surface area contributed by atoms with Crippen LogP contribution < -0.4 is 5.56 Å². The number of aryl methyl sites for hydroxylation is 3. The second-order valence-corrected chi connectivity index (χ2v) is 12.8. The van der Waals surface area contributed by atoms with E-state index in [1.807, 2.05) is 31.2 Å². The molecule has 0 saturated heterocycles. The maximum absolute atomic E-state index is 13.9. The molecule has 302 valence electrons. The first kappa shape index (κ1) is 44.9. The first-order valence-corrected chi connectivity index (χ1v) is 17.9. The predicted molar refractivity (Wildman–Crippen MR) is 199 cm³/mol. The quantitative estimate of drug-likeness (QED) is 0.110. The molecule has 0 bridgehead atoms. The number of benzene rings is 3. The fraction of sp³-hybridized carbons (Fsp3) is 0.375. The van der Waals surface area contributed by atoms with Crippen molar-refractivity contribution in [1.29, 1.82) is 0 Å². The lowest BCUT2D eigenvalue weighted by Crippen LogP contribution is -2.40. The smallest absolute Gasteiger partial charge is 0.416 e. The number of carboxylic acid groups (broad SMARTS) is 2. The number of aliphatic carboxylic acids is 2. The lowest BCUT2D eigenvalue weighted by atomic mass is 10.0. The Balaban J connectivity index is 0.000000739. The van der Waals surface area contributed by atoms with Gasteiger partial charge in [0.25, 0.3) is 5.56 Å². The number of amides is 1. The molecule has 0 saturated carbocycles. The average molecular weight is 787 g/mol. The Morgan fingerprint density at radius 1 is 0.768 bits per heavy atom. The van der Waals surface area contributed by atoms with Gasteiger partial charge in [-0.2, -0.15) is 18.2 Å². The van der Waals surface area contributed by atoms with Gasteiger partial charge in [0.05, 0.1) is 5.56 Å². The van der Waals surface area contributed by atoms with Gasteiger partial charge in [0.15, 0.2) is 12.2 Å². The van der Waals surface area contributed by atoms with Crippen LogP contribution in [0.15, 0.2) is 83.8 Å². The van der Waals surface area contributed by atoms with Gasteiger partial charge in [0, 0.05) is 37.8 Å². The molecular formula is C40H46F4N4O8. The van der Waals surface area contributed by atoms with Gasteiger partial charge in [-0.25, -0.2) is 14.0 Å². The number of aliphatic hydroxyl groups is 2. The normalized spacial score (nSPS) is 12.4. The second-order valence-electron chi connectivity index (χ2n) is 12.8. The van der Waals surface area contributed by atoms with E-state index in [-0.39, 0.29) is 23.8 Å². The van der Waals surface area contributed by atoms with Gasteiger partial charge >= 0.3 is 18.1 Å². The van der Waals surface area contributed by atoms with Crippen LogP contribution in [0.3, 0.4) is 0 Å². The first-order valence-electron chi connectivity index (χ1n) is 17.9. The number of aromatic nitrogens is 2. The molecule has 16 heteroatoms. The molecule has 1 amide bonds. The topological polar surface area (TPSA) is 174 Å². The van der Waals surface area contributed by atoms with E-state index in [0.717, 1.165) is 41.9 Å². The Labute approximate surface area is 321 Å². The number of carbonyl (C=O) groups is 3. The minimum absolute atomic E-state index is 0.000912. The molecule has 0 spiro atoms. The number of hydrogen-bond donors (Lipinski definition) is 4. The van der Waals surface area contributed by atoms with Crippen molar-refractivity contribution in [3.05, 3.63) is 123 Å². The zero-order chi connectivity index (χ0) is 41.6. The van der Waals surface area contributed by atoms with Gasteiger partial charge in [-0.3, -0.25) is 9.59 Å². The Morgan fingerprint density at radius 2 is 1.29 bits per heavy atom. The summed E-state index contributed by atoms with van der Waals surface area (Å²) >= 11 is 0. The van der Waals surface area contributed by atoms with Crippen LogP contribution in [0.4, 0.5) is 17.6 Å². The summed E-state index contributed by atoms with van der Waals surface area (Å²) in [5, 5.41) is 32.5. The Hall–Kier alpha value is -5.45. The van der Waals surface area contributed by atoms with Crippen LogP contribution in [0.1, 0.15) is 48.8 Å². The maximum Gasteiger partial charge on any atom is 0.416 e. The van der Waals surface area contributed by atoms with Crippen molar-refractivity contribution in [3.63, 3.8) is 0 Å². The maximum atomic E-state index is 13.9. The number of rotatable bonds is 17. The second kappa shape index (κ2) is 21.0. The van der Waals surface area contributed by atoms with Crippen LogP contribution in [0, 0.1) is 5.82 Å². The van der Waals surface area contributed by atoms with Gasteiger partial charge < -0.3 is 34.8 Å². The number of nitrogens with zero attached hydrogens (tertiary/aromatic N) is 4. The van der Waals surface area contributed by atoms with E-state index in [4.69, 9.17) is 20.4 Å². The summed E-state index contributed by atoms with van der Waals surface area (Å²) in [6.45, 7) is 9.21. The zero-order valence-electron chi connectivity index (χ0n) is 31.2. The summed E-state index contributed by atoms with van der Waals surface area (Å²) in [6, 6.07) is 18.7. The van der Waals surface area contributed by atoms with Gasteiger partial charge in [-0.05, 0) is 72.5 Å². The molecule has 56 heavy (non-hydrogen) atoms. The number of carbonyl (C=O) groups excluding carboxylic acids is 1. The van der Waals surface area contributed by atoms with E-state index in [0.29, 0.717) is 55.8 Å². The largest absolute Gasteiger partial charge is 0.479 e. The molecule has 2 unspecified atom stereocenters. The summed E-state index contributed by atoms with van der Waals surface area (Å²) in [4.78, 5) is 54.4. The summed E-state index contributed by atoms with van der Waals surface area (Å²) in [5.74, 6) is -3.50. The number of likely N-dealkylation sites (N-methyl/N-ethyl adjacent to an activating group) is 1. The van der Waals surface area contributed by atoms with Gasteiger partial charge in [-0.15, -0.1) is 0 Å². The van der Waals surface area contributed by atoms with Crippen LogP contribution in [0.2, 0.25) is 0 Å². The molecule has 0 aliphatic carbocycles. The number of alkyl halides is 3. The zero-order valence-corrected chi connectivity index (χ0v) is 31.2. The van der Waals surface area contributed by atoms with Crippen molar-refractivity contribution in [2.45, 2.75) is 71.5 Å². The van der Waals surface area contributed by atoms with Crippen molar-refractivity contribution < 1.29 is 52.4 Å². The molecule has 4 N–H and O–H groups in total. The van der Waals surface area contributed by atoms with Gasteiger partial charge in [0.1, 0.15) is 18.2 Å². The molecule has 0 aliphatic rings. The molecule has 4 rings (SSSR count). The molecule has 4 aromatic rings. The molecule has 1 aromatic heterocycles. The van der Waals surface area contributed by atoms with E-state index in [1.54, 1.807) is 27.8 Å². The van der Waals surface area contributed by atoms with Gasteiger partial charge in [0.2, 0.25) is 5.91 Å². The van der Waals surface area contributed by atoms with Crippen LogP contribution in [-0.2, 0) is 52.9 Å². The van der Waals surface area contributed by atoms with E-state index < -0.39 is 35.9 Å². The summed E-state index contributed by atoms with van der Waals surface area (Å²) in [6.07, 6.45) is -5.79. The summed E-state index contributed by atoms with van der Waals surface area (Å²) < 4.78 is 54.1. The average Bonchev–Trinajstić information content (AvgIpc) is 3.17. The Bertz CT molecular complexity index is 1930. The number of halogens is 4. The number of carboxylic acids is 2. The standard InChI is InChI=1S/C36H40F4N4O2.C4H6O6/c1-4-28-24-44(33(41-35(28)46)20-11-26-9-18-32(37)19-10-26)25-34(45)43(22-21-42(5-2)6-3)23-27-7-12-29(13-8-27)30-14-16-31(17-15-30)36(38,39)40;5-1(3(7)8)2(6)4(9)10/h7-10,12-19,24H,4-6,11,20-23,25H2,1-3H3;1-2,5-6H,(H,7,8)(H,9,10). The lowest BCUT2D eigenvalue weighted by Gasteiger charge is -2.27. The van der Waals surface area contributed by atoms with Crippen molar-refractivity contribution in [1.82, 2.24) is 19.4 Å². The Kier molecular flexibility index (Phi) is 16.9. The molecule has 1 heterocycles. The van der Waals surface area contributed by atoms with E-state index in [9.17, 15) is 36.7 Å². The first-order chi connectivity index (χ1) is 26.5. The highest BCUT2D eigenvalue weighted by atomic mass is 19.4. The molecule has 3 aromatic carbocycles. The van der Waals surface area contributed by atoms with Crippen LogP contribution in [-0.4, -0.2) is 96.0 Å². The molecule has 0 aliphatic heterocycles. The van der Waals surface area contributed by atoms with Crippen LogP contribution in [0.5, 0.6) is 0 Å². The van der Waals surface area contributed by atoms with Crippen LogP contribution in [0.25, 0.3) is 11.1 Å². The third-order valence-corrected chi connectivity index (χ3v) is 9.00. The van der Waals surface area contributed by atoms with Crippen LogP contribution >= 0.6 is 0 Å². The number of aliphatic hydroxyl groups excluding tert-OH is 2. The highest BCUT2D eigenvalue weighted by Crippen LogP contribution is 2.31. The van der Waals surface area contributed by atoms with Crippen molar-refractivity contribution in [2.75, 3.05) is 26.2 Å². The van der Waals surface area contributed by atoms with Gasteiger partial charge in [-0.1, -0.05) is 69.3 Å². The molecular weight excluding hydrogens is 740 g/mol. The third kappa shape index (κ3) is 13.4. The monoisotopic (exact) mass is 786 g/mol. The summed E-state index contributed by atoms with van der Waals surface area (Å²) in [7, 11) is 0. The molecule has 12 nitrogen and oxygen atoms in total. The molecule has 0 fully saturated rings. The fourth-order valence-electron chi connectivity index (χ4n) is 5.54. The van der Waals surface area contributed by atoms with Crippen molar-refractivity contribution >= 4 is 17.8 Å². The van der Waals surface area contributed by atoms with E-state index in [1.165, 1.54) is 24.3 Å². The number of hydrogen-bond acceptors (Lipinski definition) is 8. The Morgan fingerprint density at radius 3 is 1.77 bits per heavy atom. The molecule has 0 radical (unpaired) electrons. The summed E-state index contributed by atoms with van der Waals surface area (Å²) in [5.41, 5.74) is 2.73.